The van der Waals surface area contributed by atoms with Gasteiger partial charge in [-0.1, -0.05) is 113 Å². The third-order valence-corrected chi connectivity index (χ3v) is 5.84. The number of aromatic hydroxyl groups is 1. The number of unbranched alkanes of at least 4 members (excludes halogenated alkanes) is 9. The second-order valence-corrected chi connectivity index (χ2v) is 8.60. The third-order valence-electron chi connectivity index (χ3n) is 5.84. The van der Waals surface area contributed by atoms with Gasteiger partial charge in [-0.3, -0.25) is 10.1 Å². The van der Waals surface area contributed by atoms with E-state index < -0.39 is 6.04 Å². The molecule has 0 aromatic heterocycles. The molecule has 0 bridgehead atoms. The lowest BCUT2D eigenvalue weighted by Crippen LogP contribution is -2.39. The van der Waals surface area contributed by atoms with E-state index in [4.69, 9.17) is 4.74 Å². The van der Waals surface area contributed by atoms with Crippen LogP contribution in [0.5, 0.6) is 5.75 Å². The summed E-state index contributed by atoms with van der Waals surface area (Å²) < 4.78 is 5.60. The van der Waals surface area contributed by atoms with E-state index in [2.05, 4.69) is 12.2 Å². The zero-order chi connectivity index (χ0) is 22.9. The Morgan fingerprint density at radius 1 is 0.844 bits per heavy atom. The molecule has 1 atom stereocenters. The topological polar surface area (TPSA) is 58.6 Å². The molecule has 32 heavy (non-hydrogen) atoms. The summed E-state index contributed by atoms with van der Waals surface area (Å²) in [7, 11) is 0. The van der Waals surface area contributed by atoms with E-state index in [-0.39, 0.29) is 11.7 Å². The van der Waals surface area contributed by atoms with Crippen LogP contribution >= 0.6 is 0 Å². The molecule has 176 valence electrons. The lowest BCUT2D eigenvalue weighted by Gasteiger charge is -2.18. The van der Waals surface area contributed by atoms with E-state index in [1.807, 2.05) is 42.5 Å². The van der Waals surface area contributed by atoms with Crippen molar-refractivity contribution >= 4 is 5.97 Å². The van der Waals surface area contributed by atoms with Gasteiger partial charge in [0.05, 0.1) is 6.61 Å². The van der Waals surface area contributed by atoms with Crippen molar-refractivity contribution in [3.8, 4) is 5.75 Å². The standard InChI is InChI=1S/C28H41NO3/c1-2-3-4-5-6-7-8-9-10-16-21-32-28(31)26(22-24-17-12-11-13-18-24)29-23-25-19-14-15-20-27(25)30/h11-15,17-20,26,29-30H,2-10,16,21-23H2,1H3/t26-/m0/s1. The highest BCUT2D eigenvalue weighted by Gasteiger charge is 2.20. The van der Waals surface area contributed by atoms with Gasteiger partial charge in [0.2, 0.25) is 0 Å². The van der Waals surface area contributed by atoms with Crippen molar-refractivity contribution in [1.82, 2.24) is 5.32 Å². The average molecular weight is 440 g/mol. The fourth-order valence-electron chi connectivity index (χ4n) is 3.84. The Hall–Kier alpha value is -2.33. The van der Waals surface area contributed by atoms with E-state index in [1.54, 1.807) is 12.1 Å². The maximum absolute atomic E-state index is 12.8. The van der Waals surface area contributed by atoms with Crippen LogP contribution in [0.25, 0.3) is 0 Å². The van der Waals surface area contributed by atoms with Gasteiger partial charge in [-0.15, -0.1) is 0 Å². The molecule has 0 saturated carbocycles. The molecule has 0 fully saturated rings. The summed E-state index contributed by atoms with van der Waals surface area (Å²) in [5.74, 6) is 0.0115. The number of carbonyl (C=O) groups excluding carboxylic acids is 1. The second kappa shape index (κ2) is 16.3. The Bertz CT molecular complexity index is 747. The van der Waals surface area contributed by atoms with Crippen molar-refractivity contribution < 1.29 is 14.6 Å². The number of rotatable bonds is 17. The number of esters is 1. The largest absolute Gasteiger partial charge is 0.508 e. The molecule has 0 amide bonds. The van der Waals surface area contributed by atoms with E-state index in [1.165, 1.54) is 51.4 Å². The summed E-state index contributed by atoms with van der Waals surface area (Å²) in [6.45, 7) is 3.14. The van der Waals surface area contributed by atoms with Crippen LogP contribution in [-0.2, 0) is 22.5 Å². The SMILES string of the molecule is CCCCCCCCCCCCOC(=O)[C@H](Cc1ccccc1)NCc1ccccc1O. The predicted molar refractivity (Wildman–Crippen MR) is 132 cm³/mol. The second-order valence-electron chi connectivity index (χ2n) is 8.60. The van der Waals surface area contributed by atoms with E-state index in [0.29, 0.717) is 19.6 Å². The van der Waals surface area contributed by atoms with Gasteiger partial charge in [-0.05, 0) is 24.5 Å². The first kappa shape index (κ1) is 25.9. The normalized spacial score (nSPS) is 11.9. The first-order valence-corrected chi connectivity index (χ1v) is 12.4. The Labute approximate surface area is 194 Å². The molecule has 0 spiro atoms. The Morgan fingerprint density at radius 2 is 1.44 bits per heavy atom. The molecular weight excluding hydrogens is 398 g/mol. The van der Waals surface area contributed by atoms with Gasteiger partial charge in [0.15, 0.2) is 0 Å². The van der Waals surface area contributed by atoms with Crippen molar-refractivity contribution in [3.05, 3.63) is 65.7 Å². The van der Waals surface area contributed by atoms with Crippen LogP contribution in [-0.4, -0.2) is 23.7 Å². The van der Waals surface area contributed by atoms with Crippen molar-refractivity contribution in [2.75, 3.05) is 6.61 Å². The number of hydrogen-bond acceptors (Lipinski definition) is 4. The minimum Gasteiger partial charge on any atom is -0.508 e. The zero-order valence-corrected chi connectivity index (χ0v) is 19.7. The Kier molecular flexibility index (Phi) is 13.2. The molecule has 0 aliphatic rings. The summed E-state index contributed by atoms with van der Waals surface area (Å²) in [5, 5.41) is 13.3. The van der Waals surface area contributed by atoms with Gasteiger partial charge in [0, 0.05) is 12.1 Å². The molecule has 4 heteroatoms. The first-order chi connectivity index (χ1) is 15.7. The van der Waals surface area contributed by atoms with Crippen LogP contribution in [0, 0.1) is 0 Å². The number of para-hydroxylation sites is 1. The molecule has 0 saturated heterocycles. The highest BCUT2D eigenvalue weighted by molar-refractivity contribution is 5.76. The summed E-state index contributed by atoms with van der Waals surface area (Å²) >= 11 is 0. The van der Waals surface area contributed by atoms with Crippen molar-refractivity contribution in [3.63, 3.8) is 0 Å². The number of ether oxygens (including phenoxy) is 1. The van der Waals surface area contributed by atoms with E-state index in [9.17, 15) is 9.90 Å². The van der Waals surface area contributed by atoms with Crippen LogP contribution in [0.4, 0.5) is 0 Å². The van der Waals surface area contributed by atoms with Gasteiger partial charge in [-0.25, -0.2) is 0 Å². The van der Waals surface area contributed by atoms with E-state index >= 15 is 0 Å². The molecule has 2 aromatic carbocycles. The minimum absolute atomic E-state index is 0.222. The molecular formula is C28H41NO3. The minimum atomic E-state index is -0.444. The van der Waals surface area contributed by atoms with Crippen LogP contribution < -0.4 is 5.32 Å². The third kappa shape index (κ3) is 10.8. The lowest BCUT2D eigenvalue weighted by molar-refractivity contribution is -0.146. The van der Waals surface area contributed by atoms with Crippen LogP contribution in [0.1, 0.15) is 82.3 Å². The molecule has 0 aliphatic carbocycles. The monoisotopic (exact) mass is 439 g/mol. The number of carbonyl (C=O) groups is 1. The maximum Gasteiger partial charge on any atom is 0.323 e. The van der Waals surface area contributed by atoms with Crippen molar-refractivity contribution in [2.45, 2.75) is 90.1 Å². The maximum atomic E-state index is 12.8. The summed E-state index contributed by atoms with van der Waals surface area (Å²) in [6, 6.07) is 16.7. The van der Waals surface area contributed by atoms with Gasteiger partial charge in [0.25, 0.3) is 0 Å². The van der Waals surface area contributed by atoms with Crippen LogP contribution in [0.3, 0.4) is 0 Å². The van der Waals surface area contributed by atoms with Crippen LogP contribution in [0.15, 0.2) is 54.6 Å². The molecule has 2 aromatic rings. The van der Waals surface area contributed by atoms with Gasteiger partial charge < -0.3 is 9.84 Å². The Morgan fingerprint density at radius 3 is 2.09 bits per heavy atom. The highest BCUT2D eigenvalue weighted by atomic mass is 16.5. The van der Waals surface area contributed by atoms with Crippen molar-refractivity contribution in [2.24, 2.45) is 0 Å². The first-order valence-electron chi connectivity index (χ1n) is 12.4. The number of nitrogens with one attached hydrogen (secondary N) is 1. The zero-order valence-electron chi connectivity index (χ0n) is 19.7. The highest BCUT2D eigenvalue weighted by Crippen LogP contribution is 2.16. The molecule has 4 nitrogen and oxygen atoms in total. The van der Waals surface area contributed by atoms with Gasteiger partial charge >= 0.3 is 5.97 Å². The molecule has 0 heterocycles. The van der Waals surface area contributed by atoms with E-state index in [0.717, 1.165) is 24.0 Å². The van der Waals surface area contributed by atoms with Crippen molar-refractivity contribution in [1.29, 1.82) is 0 Å². The van der Waals surface area contributed by atoms with Gasteiger partial charge in [0.1, 0.15) is 11.8 Å². The molecule has 2 rings (SSSR count). The smallest absolute Gasteiger partial charge is 0.323 e. The predicted octanol–water partition coefficient (Wildman–Crippen LogP) is 6.56. The fraction of sp³-hybridized carbons (Fsp3) is 0.536. The van der Waals surface area contributed by atoms with Crippen LogP contribution in [0.2, 0.25) is 0 Å². The summed E-state index contributed by atoms with van der Waals surface area (Å²) in [4.78, 5) is 12.8. The number of hydrogen-bond donors (Lipinski definition) is 2. The lowest BCUT2D eigenvalue weighted by atomic mass is 10.1. The summed E-state index contributed by atoms with van der Waals surface area (Å²) in [6.07, 6.45) is 13.1. The molecule has 2 N–H and O–H groups in total. The molecule has 0 unspecified atom stereocenters. The Balaban J connectivity index is 1.70. The number of phenols is 1. The molecule has 0 aliphatic heterocycles. The average Bonchev–Trinajstić information content (AvgIpc) is 2.81. The number of phenolic OH excluding ortho intramolecular Hbond substituents is 1. The summed E-state index contributed by atoms with van der Waals surface area (Å²) in [5.41, 5.74) is 1.85. The van der Waals surface area contributed by atoms with Gasteiger partial charge in [-0.2, -0.15) is 0 Å². The quantitative estimate of drug-likeness (QED) is 0.216. The number of benzene rings is 2. The molecule has 0 radical (unpaired) electrons. The fourth-order valence-corrected chi connectivity index (χ4v) is 3.84.